The maximum Gasteiger partial charge on any atom is 0.407 e. The van der Waals surface area contributed by atoms with Crippen LogP contribution in [0.25, 0.3) is 0 Å². The minimum atomic E-state index is -3.55. The molecule has 15 heteroatoms. The second-order valence-corrected chi connectivity index (χ2v) is 16.2. The van der Waals surface area contributed by atoms with Crippen molar-refractivity contribution in [2.24, 2.45) is 5.92 Å². The van der Waals surface area contributed by atoms with Gasteiger partial charge in [-0.05, 0) is 70.9 Å². The Morgan fingerprint density at radius 1 is 0.979 bits per heavy atom. The zero-order valence-electron chi connectivity index (χ0n) is 27.4. The standard InChI is InChI=1S/C32H46N6O8S/c1-32(2,3)46-31(42)33-22-11-15-37(16-12-22)47(43,44)36-13-9-21(10-14-36)17-35-18-23(19-35)45-27-6-4-5-24-25(27)20-38(30(24)41)26-7-8-28(39)34-29(26)40/h4-6,21-23,26H,7-20H2,1-3H3,(H,33,42)(H,34,39,40). The third-order valence-corrected chi connectivity index (χ3v) is 11.7. The van der Waals surface area contributed by atoms with Crippen molar-refractivity contribution in [3.63, 3.8) is 0 Å². The molecule has 0 aromatic heterocycles. The third kappa shape index (κ3) is 7.58. The molecule has 258 valence electrons. The number of hydrogen-bond donors (Lipinski definition) is 2. The van der Waals surface area contributed by atoms with Crippen LogP contribution in [0.1, 0.15) is 75.2 Å². The fourth-order valence-corrected chi connectivity index (χ4v) is 8.82. The van der Waals surface area contributed by atoms with E-state index in [-0.39, 0.29) is 36.9 Å². The monoisotopic (exact) mass is 674 g/mol. The number of nitrogens with zero attached hydrogens (tertiary/aromatic N) is 4. The molecule has 4 fully saturated rings. The van der Waals surface area contributed by atoms with Crippen LogP contribution in [0.3, 0.4) is 0 Å². The van der Waals surface area contributed by atoms with E-state index in [9.17, 15) is 27.6 Å². The highest BCUT2D eigenvalue weighted by atomic mass is 32.2. The van der Waals surface area contributed by atoms with Crippen LogP contribution in [0.5, 0.6) is 5.75 Å². The molecule has 0 spiro atoms. The number of fused-ring (bicyclic) bond motifs is 1. The zero-order chi connectivity index (χ0) is 33.5. The van der Waals surface area contributed by atoms with Gasteiger partial charge >= 0.3 is 6.09 Å². The summed E-state index contributed by atoms with van der Waals surface area (Å²) in [5.41, 5.74) is 0.728. The van der Waals surface area contributed by atoms with Gasteiger partial charge in [-0.2, -0.15) is 17.0 Å². The van der Waals surface area contributed by atoms with Crippen molar-refractivity contribution in [2.75, 3.05) is 45.8 Å². The Hall–Kier alpha value is -3.27. The number of benzene rings is 1. The normalized spacial score (nSPS) is 24.5. The van der Waals surface area contributed by atoms with Gasteiger partial charge < -0.3 is 19.7 Å². The fraction of sp³-hybridized carbons (Fsp3) is 0.688. The van der Waals surface area contributed by atoms with Crippen LogP contribution in [0.15, 0.2) is 18.2 Å². The summed E-state index contributed by atoms with van der Waals surface area (Å²) in [5.74, 6) is 0.0817. The molecular formula is C32H46N6O8S. The van der Waals surface area contributed by atoms with E-state index in [1.54, 1.807) is 16.4 Å². The Bertz CT molecular complexity index is 1490. The topological polar surface area (TPSA) is 158 Å². The number of likely N-dealkylation sites (tertiary alicyclic amines) is 1. The Kier molecular flexibility index (Phi) is 9.53. The second kappa shape index (κ2) is 13.3. The van der Waals surface area contributed by atoms with E-state index in [0.29, 0.717) is 62.7 Å². The molecule has 6 rings (SSSR count). The lowest BCUT2D eigenvalue weighted by atomic mass is 9.96. The number of nitrogens with one attached hydrogen (secondary N) is 2. The van der Waals surface area contributed by atoms with E-state index < -0.39 is 33.9 Å². The van der Waals surface area contributed by atoms with Gasteiger partial charge in [0.2, 0.25) is 11.8 Å². The first-order chi connectivity index (χ1) is 22.3. The minimum absolute atomic E-state index is 0.0190. The molecule has 0 radical (unpaired) electrons. The van der Waals surface area contributed by atoms with Crippen molar-refractivity contribution < 1.29 is 37.1 Å². The molecule has 4 amide bonds. The highest BCUT2D eigenvalue weighted by molar-refractivity contribution is 7.86. The average Bonchev–Trinajstić information content (AvgIpc) is 3.32. The summed E-state index contributed by atoms with van der Waals surface area (Å²) in [6.07, 6.45) is 2.72. The summed E-state index contributed by atoms with van der Waals surface area (Å²) >= 11 is 0. The molecule has 1 atom stereocenters. The van der Waals surface area contributed by atoms with Crippen molar-refractivity contribution in [3.05, 3.63) is 29.3 Å². The van der Waals surface area contributed by atoms with Gasteiger partial charge in [0.15, 0.2) is 0 Å². The maximum absolute atomic E-state index is 13.4. The summed E-state index contributed by atoms with van der Waals surface area (Å²) in [6, 6.07) is 4.63. The maximum atomic E-state index is 13.4. The SMILES string of the molecule is CC(C)(C)OC(=O)NC1CCN(S(=O)(=O)N2CCC(CN3CC(Oc4cccc5c4CN(C4CCC(=O)NC4=O)C5=O)C3)CC2)CC1. The fourth-order valence-electron chi connectivity index (χ4n) is 7.15. The molecule has 0 aliphatic carbocycles. The molecule has 0 bridgehead atoms. The van der Waals surface area contributed by atoms with Crippen LogP contribution in [0.2, 0.25) is 0 Å². The molecule has 5 aliphatic rings. The number of amides is 4. The number of imide groups is 1. The smallest absolute Gasteiger partial charge is 0.407 e. The first-order valence-electron chi connectivity index (χ1n) is 16.7. The highest BCUT2D eigenvalue weighted by Crippen LogP contribution is 2.35. The van der Waals surface area contributed by atoms with Crippen LogP contribution in [-0.4, -0.2) is 120 Å². The van der Waals surface area contributed by atoms with E-state index >= 15 is 0 Å². The lowest BCUT2D eigenvalue weighted by molar-refractivity contribution is -0.136. The van der Waals surface area contributed by atoms with E-state index in [4.69, 9.17) is 9.47 Å². The second-order valence-electron chi connectivity index (χ2n) is 14.3. The summed E-state index contributed by atoms with van der Waals surface area (Å²) < 4.78 is 41.5. The van der Waals surface area contributed by atoms with Gasteiger partial charge in [0, 0.05) is 69.4 Å². The Morgan fingerprint density at radius 2 is 1.64 bits per heavy atom. The van der Waals surface area contributed by atoms with E-state index in [1.807, 2.05) is 26.8 Å². The van der Waals surface area contributed by atoms with Crippen LogP contribution in [-0.2, 0) is 31.1 Å². The summed E-state index contributed by atoms with van der Waals surface area (Å²) in [4.78, 5) is 53.1. The summed E-state index contributed by atoms with van der Waals surface area (Å²) in [6.45, 7) is 9.79. The number of alkyl carbamates (subject to hydrolysis) is 1. The van der Waals surface area contributed by atoms with Crippen LogP contribution in [0.4, 0.5) is 4.79 Å². The van der Waals surface area contributed by atoms with Crippen molar-refractivity contribution in [1.29, 1.82) is 0 Å². The predicted octanol–water partition coefficient (Wildman–Crippen LogP) is 1.46. The molecule has 5 aliphatic heterocycles. The van der Waals surface area contributed by atoms with Gasteiger partial charge in [-0.15, -0.1) is 0 Å². The van der Waals surface area contributed by atoms with E-state index in [1.165, 1.54) is 9.21 Å². The lowest BCUT2D eigenvalue weighted by Gasteiger charge is -2.43. The Labute approximate surface area is 276 Å². The van der Waals surface area contributed by atoms with Crippen molar-refractivity contribution in [1.82, 2.24) is 29.0 Å². The zero-order valence-corrected chi connectivity index (χ0v) is 28.2. The highest BCUT2D eigenvalue weighted by Gasteiger charge is 2.41. The molecule has 1 aromatic rings. The van der Waals surface area contributed by atoms with Crippen molar-refractivity contribution in [2.45, 2.75) is 89.6 Å². The van der Waals surface area contributed by atoms with Crippen LogP contribution >= 0.6 is 0 Å². The number of carbonyl (C=O) groups excluding carboxylic acids is 4. The lowest BCUT2D eigenvalue weighted by Crippen LogP contribution is -2.56. The van der Waals surface area contributed by atoms with Gasteiger partial charge in [-0.1, -0.05) is 6.07 Å². The number of hydrogen-bond acceptors (Lipinski definition) is 9. The van der Waals surface area contributed by atoms with Crippen LogP contribution < -0.4 is 15.4 Å². The first kappa shape index (κ1) is 33.6. The molecular weight excluding hydrogens is 628 g/mol. The predicted molar refractivity (Wildman–Crippen MR) is 171 cm³/mol. The summed E-state index contributed by atoms with van der Waals surface area (Å²) in [5, 5.41) is 5.20. The van der Waals surface area contributed by atoms with E-state index in [2.05, 4.69) is 15.5 Å². The molecule has 1 unspecified atom stereocenters. The average molecular weight is 675 g/mol. The van der Waals surface area contributed by atoms with Crippen LogP contribution in [0, 0.1) is 5.92 Å². The molecule has 2 N–H and O–H groups in total. The number of piperidine rings is 3. The molecule has 4 saturated heterocycles. The largest absolute Gasteiger partial charge is 0.487 e. The van der Waals surface area contributed by atoms with Gasteiger partial charge in [0.1, 0.15) is 23.5 Å². The number of carbonyl (C=O) groups is 4. The quantitative estimate of drug-likeness (QED) is 0.390. The molecule has 1 aromatic carbocycles. The Morgan fingerprint density at radius 3 is 2.28 bits per heavy atom. The first-order valence-corrected chi connectivity index (χ1v) is 18.1. The van der Waals surface area contributed by atoms with Crippen molar-refractivity contribution in [3.8, 4) is 5.75 Å². The van der Waals surface area contributed by atoms with Gasteiger partial charge in [0.25, 0.3) is 16.1 Å². The van der Waals surface area contributed by atoms with Gasteiger partial charge in [-0.3, -0.25) is 24.6 Å². The third-order valence-electron chi connectivity index (χ3n) is 9.67. The number of rotatable bonds is 8. The van der Waals surface area contributed by atoms with Crippen molar-refractivity contribution >= 4 is 34.0 Å². The molecule has 0 saturated carbocycles. The molecule has 47 heavy (non-hydrogen) atoms. The van der Waals surface area contributed by atoms with Gasteiger partial charge in [0.05, 0.1) is 6.54 Å². The Balaban J connectivity index is 0.923. The molecule has 5 heterocycles. The van der Waals surface area contributed by atoms with E-state index in [0.717, 1.165) is 38.0 Å². The molecule has 14 nitrogen and oxygen atoms in total. The number of ether oxygens (including phenoxy) is 2. The van der Waals surface area contributed by atoms with Gasteiger partial charge in [-0.25, -0.2) is 4.79 Å². The minimum Gasteiger partial charge on any atom is -0.487 e. The summed E-state index contributed by atoms with van der Waals surface area (Å²) in [7, 11) is -3.55.